The summed E-state index contributed by atoms with van der Waals surface area (Å²) in [6, 6.07) is 22.9. The molecule has 0 spiro atoms. The van der Waals surface area contributed by atoms with E-state index in [1.54, 1.807) is 41.5 Å². The largest absolute Gasteiger partial charge is 0.461 e. The van der Waals surface area contributed by atoms with E-state index in [9.17, 15) is 28.8 Å². The highest BCUT2D eigenvalue weighted by molar-refractivity contribution is 5.97. The molecule has 6 rings (SSSR count). The lowest BCUT2D eigenvalue weighted by molar-refractivity contribution is -0.169. The summed E-state index contributed by atoms with van der Waals surface area (Å²) in [6.45, 7) is 18.9. The van der Waals surface area contributed by atoms with E-state index in [1.807, 2.05) is 119 Å². The second-order valence-corrected chi connectivity index (χ2v) is 23.7. The van der Waals surface area contributed by atoms with Crippen LogP contribution < -0.4 is 10.6 Å². The molecule has 3 aliphatic rings. The second-order valence-electron chi connectivity index (χ2n) is 23.7. The highest BCUT2D eigenvalue weighted by Crippen LogP contribution is 2.30. The molecule has 0 saturated carbocycles. The number of nitrogens with one attached hydrogen (secondary N) is 2. The third-order valence-electron chi connectivity index (χ3n) is 15.6. The van der Waals surface area contributed by atoms with Gasteiger partial charge in [-0.25, -0.2) is 9.59 Å². The van der Waals surface area contributed by atoms with Gasteiger partial charge in [-0.05, 0) is 119 Å². The molecule has 3 aromatic carbocycles. The number of hydrogen-bond donors (Lipinski definition) is 2. The van der Waals surface area contributed by atoms with Crippen molar-refractivity contribution in [3.63, 3.8) is 0 Å². The van der Waals surface area contributed by atoms with Crippen LogP contribution in [0.25, 0.3) is 0 Å². The van der Waals surface area contributed by atoms with Crippen molar-refractivity contribution < 1.29 is 52.6 Å². The Bertz CT molecular complexity index is 2560. The standard InChI is InChI=1S/C62H86N6O11/c1-39(2)50(43(7)59(74)77-38-46-28-19-14-20-29-46)63-54(69)47-30-21-33-66(47)56(71)51(41(5)36-44-24-15-12-16-25-44)64-55(70)48-31-22-34-67(48)57(72)52(42(6)37-45-26-17-13-18-27-45)65(11)58(73)53(40(3)4)78-60(75)49-32-23-35-68(49)61(76)79-62(8,9)10/h12-20,24-29,39-43,47-53H,21-23,30-38H2,1-11H3,(H,63,69)(H,64,70)/t41-,42-,43-,47+,48+,49+,50-,51+,52+,53?/m1/s1. The Kier molecular flexibility index (Phi) is 21.7. The maximum atomic E-state index is 15.4. The minimum absolute atomic E-state index is 0.0944. The minimum Gasteiger partial charge on any atom is -0.461 e. The third-order valence-corrected chi connectivity index (χ3v) is 15.6. The number of hydrogen-bond acceptors (Lipinski definition) is 11. The van der Waals surface area contributed by atoms with Crippen LogP contribution in [-0.2, 0) is 67.2 Å². The smallest absolute Gasteiger partial charge is 0.411 e. The van der Waals surface area contributed by atoms with Crippen molar-refractivity contribution in [3.8, 4) is 0 Å². The van der Waals surface area contributed by atoms with Crippen molar-refractivity contribution in [2.45, 2.75) is 175 Å². The zero-order chi connectivity index (χ0) is 57.7. The topological polar surface area (TPSA) is 201 Å². The Morgan fingerprint density at radius 2 is 1.06 bits per heavy atom. The number of ether oxygens (including phenoxy) is 3. The SMILES string of the molecule is CC(C)C(OC(=O)[C@@H]1CCCN1C(=O)OC(C)(C)C)C(=O)N(C)[C@H](C(=O)N1CCC[C@H]1C(=O)N[C@H](C(=O)N1CCC[C@H]1C(=O)N[C@H](C(C)C)[C@@H](C)C(=O)OCc1ccccc1)[C@H](C)Cc1ccccc1)[C@H](C)Cc1ccccc1. The van der Waals surface area contributed by atoms with Gasteiger partial charge in [-0.15, -0.1) is 0 Å². The molecular formula is C62H86N6O11. The zero-order valence-corrected chi connectivity index (χ0v) is 48.4. The van der Waals surface area contributed by atoms with E-state index in [0.717, 1.165) is 16.7 Å². The van der Waals surface area contributed by atoms with Crippen molar-refractivity contribution >= 4 is 47.6 Å². The summed E-state index contributed by atoms with van der Waals surface area (Å²) >= 11 is 0. The summed E-state index contributed by atoms with van der Waals surface area (Å²) in [7, 11) is 1.52. The number of carbonyl (C=O) groups excluding carboxylic acids is 8. The molecule has 0 radical (unpaired) electrons. The Morgan fingerprint density at radius 1 is 0.595 bits per heavy atom. The highest BCUT2D eigenvalue weighted by atomic mass is 16.6. The fraction of sp³-hybridized carbons (Fsp3) is 0.581. The van der Waals surface area contributed by atoms with Crippen molar-refractivity contribution in [3.05, 3.63) is 108 Å². The number of nitrogens with zero attached hydrogens (tertiary/aromatic N) is 4. The van der Waals surface area contributed by atoms with Gasteiger partial charge in [0.05, 0.1) is 5.92 Å². The second kappa shape index (κ2) is 27.9. The lowest BCUT2D eigenvalue weighted by atomic mass is 9.90. The fourth-order valence-corrected chi connectivity index (χ4v) is 11.3. The van der Waals surface area contributed by atoms with Crippen molar-refractivity contribution in [1.29, 1.82) is 0 Å². The van der Waals surface area contributed by atoms with Crippen LogP contribution in [-0.4, -0.2) is 142 Å². The van der Waals surface area contributed by atoms with Crippen LogP contribution >= 0.6 is 0 Å². The highest BCUT2D eigenvalue weighted by Gasteiger charge is 2.47. The predicted octanol–water partition coefficient (Wildman–Crippen LogP) is 7.53. The number of likely N-dealkylation sites (N-methyl/N-ethyl adjacent to an activating group) is 1. The lowest BCUT2D eigenvalue weighted by Crippen LogP contribution is -2.61. The lowest BCUT2D eigenvalue weighted by Gasteiger charge is -2.39. The van der Waals surface area contributed by atoms with E-state index >= 15 is 9.59 Å². The monoisotopic (exact) mass is 1090 g/mol. The maximum absolute atomic E-state index is 15.4. The number of rotatable bonds is 22. The molecule has 2 N–H and O–H groups in total. The van der Waals surface area contributed by atoms with E-state index in [1.165, 1.54) is 26.6 Å². The number of esters is 2. The zero-order valence-electron chi connectivity index (χ0n) is 48.4. The van der Waals surface area contributed by atoms with Crippen LogP contribution in [0.4, 0.5) is 4.79 Å². The molecule has 17 heteroatoms. The first-order valence-electron chi connectivity index (χ1n) is 28.4. The molecule has 3 heterocycles. The molecule has 3 saturated heterocycles. The van der Waals surface area contributed by atoms with Gasteiger partial charge in [0.2, 0.25) is 23.6 Å². The average molecular weight is 1090 g/mol. The number of likely N-dealkylation sites (tertiary alicyclic amines) is 3. The molecule has 79 heavy (non-hydrogen) atoms. The van der Waals surface area contributed by atoms with Crippen molar-refractivity contribution in [2.75, 3.05) is 26.7 Å². The van der Waals surface area contributed by atoms with Crippen LogP contribution in [0.3, 0.4) is 0 Å². The molecule has 430 valence electrons. The molecule has 1 unspecified atom stereocenters. The first-order valence-corrected chi connectivity index (χ1v) is 28.4. The maximum Gasteiger partial charge on any atom is 0.411 e. The molecule has 17 nitrogen and oxygen atoms in total. The van der Waals surface area contributed by atoms with Gasteiger partial charge < -0.3 is 39.5 Å². The number of benzene rings is 3. The Labute approximate surface area is 467 Å². The van der Waals surface area contributed by atoms with Gasteiger partial charge in [0, 0.05) is 32.7 Å². The normalized spacial score (nSPS) is 20.1. The molecule has 0 aliphatic carbocycles. The van der Waals surface area contributed by atoms with Gasteiger partial charge in [0.25, 0.3) is 5.91 Å². The summed E-state index contributed by atoms with van der Waals surface area (Å²) in [6.07, 6.45) is 1.42. The third kappa shape index (κ3) is 16.2. The molecule has 3 aliphatic heterocycles. The number of carbonyl (C=O) groups is 8. The summed E-state index contributed by atoms with van der Waals surface area (Å²) < 4.78 is 17.3. The molecule has 3 aromatic rings. The van der Waals surface area contributed by atoms with Crippen LogP contribution in [0.1, 0.15) is 124 Å². The van der Waals surface area contributed by atoms with Gasteiger partial charge in [0.1, 0.15) is 42.4 Å². The molecule has 10 atom stereocenters. The summed E-state index contributed by atoms with van der Waals surface area (Å²) in [5.74, 6) is -5.95. The molecule has 0 aromatic heterocycles. The number of amides is 6. The van der Waals surface area contributed by atoms with Crippen LogP contribution in [0.15, 0.2) is 91.0 Å². The summed E-state index contributed by atoms with van der Waals surface area (Å²) in [4.78, 5) is 121. The first kappa shape index (κ1) is 61.4. The van der Waals surface area contributed by atoms with Gasteiger partial charge in [-0.2, -0.15) is 0 Å². The fourth-order valence-electron chi connectivity index (χ4n) is 11.3. The summed E-state index contributed by atoms with van der Waals surface area (Å²) in [5, 5.41) is 6.19. The molecule has 0 bridgehead atoms. The van der Waals surface area contributed by atoms with Crippen molar-refractivity contribution in [1.82, 2.24) is 30.2 Å². The Morgan fingerprint density at radius 3 is 1.57 bits per heavy atom. The molecular weight excluding hydrogens is 1000 g/mol. The van der Waals surface area contributed by atoms with Crippen molar-refractivity contribution in [2.24, 2.45) is 29.6 Å². The quantitative estimate of drug-likeness (QED) is 0.0745. The van der Waals surface area contributed by atoms with E-state index in [-0.39, 0.29) is 25.6 Å². The van der Waals surface area contributed by atoms with Crippen LogP contribution in [0.2, 0.25) is 0 Å². The molecule has 3 fully saturated rings. The molecule has 6 amide bonds. The van der Waals surface area contributed by atoms with Gasteiger partial charge in [0.15, 0.2) is 6.10 Å². The van der Waals surface area contributed by atoms with E-state index < -0.39 is 119 Å². The van der Waals surface area contributed by atoms with Crippen LogP contribution in [0.5, 0.6) is 0 Å². The van der Waals surface area contributed by atoms with E-state index in [0.29, 0.717) is 57.9 Å². The van der Waals surface area contributed by atoms with Gasteiger partial charge >= 0.3 is 18.0 Å². The summed E-state index contributed by atoms with van der Waals surface area (Å²) in [5.41, 5.74) is 1.92. The average Bonchev–Trinajstić information content (AvgIpc) is 4.34. The first-order chi connectivity index (χ1) is 37.5. The Hall–Kier alpha value is -6.78. The Balaban J connectivity index is 1.23. The van der Waals surface area contributed by atoms with Gasteiger partial charge in [-0.3, -0.25) is 33.7 Å². The van der Waals surface area contributed by atoms with Gasteiger partial charge in [-0.1, -0.05) is 133 Å². The minimum atomic E-state index is -1.31. The van der Waals surface area contributed by atoms with E-state index in [4.69, 9.17) is 14.2 Å². The predicted molar refractivity (Wildman–Crippen MR) is 299 cm³/mol. The van der Waals surface area contributed by atoms with Crippen LogP contribution in [0, 0.1) is 29.6 Å². The van der Waals surface area contributed by atoms with E-state index in [2.05, 4.69) is 10.6 Å².